The Morgan fingerprint density at radius 1 is 1.47 bits per heavy atom. The summed E-state index contributed by atoms with van der Waals surface area (Å²) in [7, 11) is 1.44. The molecule has 0 saturated heterocycles. The molecule has 1 aromatic heterocycles. The summed E-state index contributed by atoms with van der Waals surface area (Å²) in [6.45, 7) is 0.952. The van der Waals surface area contributed by atoms with Crippen molar-refractivity contribution in [2.24, 2.45) is 5.92 Å². The number of esters is 1. The van der Waals surface area contributed by atoms with Crippen LogP contribution in [0.5, 0.6) is 0 Å². The van der Waals surface area contributed by atoms with Crippen molar-refractivity contribution in [1.29, 1.82) is 0 Å². The van der Waals surface area contributed by atoms with E-state index in [9.17, 15) is 4.79 Å². The van der Waals surface area contributed by atoms with E-state index in [0.29, 0.717) is 5.69 Å². The number of hydrogen-bond donors (Lipinski definition) is 0. The number of aromatic nitrogens is 1. The molecule has 1 fully saturated rings. The molecule has 4 heteroatoms. The van der Waals surface area contributed by atoms with Gasteiger partial charge >= 0.3 is 5.97 Å². The van der Waals surface area contributed by atoms with E-state index < -0.39 is 0 Å². The number of hydrogen-bond acceptors (Lipinski definition) is 2. The zero-order valence-corrected chi connectivity index (χ0v) is 12.3. The summed E-state index contributed by atoms with van der Waals surface area (Å²) in [5.74, 6) is 0.485. The van der Waals surface area contributed by atoms with Crippen LogP contribution in [0.4, 0.5) is 0 Å². The van der Waals surface area contributed by atoms with Crippen LogP contribution in [0.1, 0.15) is 42.6 Å². The third-order valence-electron chi connectivity index (χ3n) is 3.44. The fourth-order valence-corrected chi connectivity index (χ4v) is 3.18. The number of nitrogens with zero attached hydrogens (tertiary/aromatic N) is 1. The molecule has 0 aliphatic heterocycles. The van der Waals surface area contributed by atoms with Crippen molar-refractivity contribution in [3.8, 4) is 0 Å². The van der Waals surface area contributed by atoms with E-state index in [2.05, 4.69) is 27.2 Å². The van der Waals surface area contributed by atoms with Gasteiger partial charge in [-0.15, -0.1) is 0 Å². The van der Waals surface area contributed by atoms with Gasteiger partial charge in [-0.1, -0.05) is 19.3 Å². The number of carbonyl (C=O) groups excluding carboxylic acids is 1. The first kappa shape index (κ1) is 12.9. The van der Waals surface area contributed by atoms with Gasteiger partial charge in [0.1, 0.15) is 5.69 Å². The van der Waals surface area contributed by atoms with Crippen LogP contribution in [0.25, 0.3) is 0 Å². The second kappa shape index (κ2) is 5.89. The molecule has 0 amide bonds. The third-order valence-corrected chi connectivity index (χ3v) is 4.03. The average molecular weight is 347 g/mol. The number of rotatable bonds is 3. The van der Waals surface area contributed by atoms with Gasteiger partial charge in [-0.3, -0.25) is 0 Å². The minimum absolute atomic E-state index is 0.233. The Morgan fingerprint density at radius 3 is 2.82 bits per heavy atom. The van der Waals surface area contributed by atoms with Crippen LogP contribution in [0.2, 0.25) is 0 Å². The molecule has 3 nitrogen and oxygen atoms in total. The second-order valence-electron chi connectivity index (χ2n) is 4.69. The van der Waals surface area contributed by atoms with Crippen molar-refractivity contribution in [2.45, 2.75) is 38.6 Å². The van der Waals surface area contributed by atoms with Crippen molar-refractivity contribution in [3.05, 3.63) is 21.5 Å². The monoisotopic (exact) mass is 347 g/mol. The Kier molecular flexibility index (Phi) is 4.48. The highest BCUT2D eigenvalue weighted by Crippen LogP contribution is 2.26. The van der Waals surface area contributed by atoms with E-state index in [-0.39, 0.29) is 5.97 Å². The average Bonchev–Trinajstić information content (AvgIpc) is 2.70. The molecule has 1 aliphatic rings. The Labute approximate surface area is 116 Å². The molecule has 1 heterocycles. The first-order valence-electron chi connectivity index (χ1n) is 6.14. The molecule has 0 unspecified atom stereocenters. The first-order chi connectivity index (χ1) is 8.20. The molecule has 0 N–H and O–H groups in total. The van der Waals surface area contributed by atoms with Crippen molar-refractivity contribution in [3.63, 3.8) is 0 Å². The van der Waals surface area contributed by atoms with Gasteiger partial charge in [0.25, 0.3) is 0 Å². The summed E-state index contributed by atoms with van der Waals surface area (Å²) in [4.78, 5) is 11.6. The van der Waals surface area contributed by atoms with E-state index in [1.54, 1.807) is 0 Å². The highest BCUT2D eigenvalue weighted by Gasteiger charge is 2.18. The summed E-state index contributed by atoms with van der Waals surface area (Å²) >= 11 is 2.24. The van der Waals surface area contributed by atoms with E-state index >= 15 is 0 Å². The molecule has 0 bridgehead atoms. The summed E-state index contributed by atoms with van der Waals surface area (Å²) in [6, 6.07) is 1.90. The number of methoxy groups -OCH3 is 1. The maximum absolute atomic E-state index is 11.6. The lowest BCUT2D eigenvalue weighted by Gasteiger charge is -2.22. The maximum atomic E-state index is 11.6. The van der Waals surface area contributed by atoms with Crippen molar-refractivity contribution in [1.82, 2.24) is 4.57 Å². The van der Waals surface area contributed by atoms with Gasteiger partial charge in [-0.25, -0.2) is 4.79 Å². The maximum Gasteiger partial charge on any atom is 0.354 e. The summed E-state index contributed by atoms with van der Waals surface area (Å²) in [6.07, 6.45) is 8.64. The molecule has 1 aliphatic carbocycles. The molecule has 94 valence electrons. The van der Waals surface area contributed by atoms with Gasteiger partial charge in [0.2, 0.25) is 0 Å². The van der Waals surface area contributed by atoms with E-state index in [0.717, 1.165) is 16.0 Å². The Hall–Kier alpha value is -0.520. The van der Waals surface area contributed by atoms with Crippen LogP contribution < -0.4 is 0 Å². The van der Waals surface area contributed by atoms with Crippen LogP contribution in [0.3, 0.4) is 0 Å². The van der Waals surface area contributed by atoms with Gasteiger partial charge < -0.3 is 9.30 Å². The Bertz CT molecular complexity index is 394. The van der Waals surface area contributed by atoms with E-state index in [4.69, 9.17) is 4.74 Å². The van der Waals surface area contributed by atoms with Gasteiger partial charge in [-0.2, -0.15) is 0 Å². The SMILES string of the molecule is COC(=O)c1cc(I)cn1CC1CCCCC1. The molecule has 1 saturated carbocycles. The fraction of sp³-hybridized carbons (Fsp3) is 0.615. The summed E-state index contributed by atoms with van der Waals surface area (Å²) in [5.41, 5.74) is 0.683. The predicted molar refractivity (Wildman–Crippen MR) is 75.1 cm³/mol. The predicted octanol–water partition coefficient (Wildman–Crippen LogP) is 3.46. The lowest BCUT2D eigenvalue weighted by molar-refractivity contribution is 0.0586. The van der Waals surface area contributed by atoms with Crippen LogP contribution in [0.15, 0.2) is 12.3 Å². The lowest BCUT2D eigenvalue weighted by Crippen LogP contribution is -2.17. The first-order valence-corrected chi connectivity index (χ1v) is 7.22. The van der Waals surface area contributed by atoms with E-state index in [1.165, 1.54) is 39.2 Å². The third kappa shape index (κ3) is 3.24. The van der Waals surface area contributed by atoms with Gasteiger partial charge in [0.15, 0.2) is 0 Å². The Balaban J connectivity index is 2.11. The molecule has 0 spiro atoms. The van der Waals surface area contributed by atoms with Crippen molar-refractivity contribution in [2.75, 3.05) is 7.11 Å². The molecule has 2 rings (SSSR count). The molecule has 0 atom stereocenters. The minimum atomic E-state index is -0.233. The molecule has 1 aromatic rings. The molecule has 0 radical (unpaired) electrons. The molecule has 17 heavy (non-hydrogen) atoms. The lowest BCUT2D eigenvalue weighted by atomic mass is 9.89. The van der Waals surface area contributed by atoms with Crippen LogP contribution in [-0.4, -0.2) is 17.6 Å². The quantitative estimate of drug-likeness (QED) is 0.619. The Morgan fingerprint density at radius 2 is 2.18 bits per heavy atom. The number of ether oxygens (including phenoxy) is 1. The van der Waals surface area contributed by atoms with Crippen molar-refractivity contribution >= 4 is 28.6 Å². The van der Waals surface area contributed by atoms with Crippen LogP contribution in [-0.2, 0) is 11.3 Å². The second-order valence-corrected chi connectivity index (χ2v) is 5.94. The highest BCUT2D eigenvalue weighted by atomic mass is 127. The topological polar surface area (TPSA) is 31.2 Å². The number of halogens is 1. The van der Waals surface area contributed by atoms with Gasteiger partial charge in [-0.05, 0) is 47.4 Å². The summed E-state index contributed by atoms with van der Waals surface area (Å²) in [5, 5.41) is 0. The minimum Gasteiger partial charge on any atom is -0.464 e. The summed E-state index contributed by atoms with van der Waals surface area (Å²) < 4.78 is 7.97. The zero-order chi connectivity index (χ0) is 12.3. The fourth-order valence-electron chi connectivity index (χ4n) is 2.55. The zero-order valence-electron chi connectivity index (χ0n) is 10.1. The standard InChI is InChI=1S/C13H18INO2/c1-17-13(16)12-7-11(14)9-15(12)8-10-5-3-2-4-6-10/h7,9-10H,2-6,8H2,1H3. The largest absolute Gasteiger partial charge is 0.464 e. The molecular formula is C13H18INO2. The smallest absolute Gasteiger partial charge is 0.354 e. The van der Waals surface area contributed by atoms with Gasteiger partial charge in [0.05, 0.1) is 7.11 Å². The van der Waals surface area contributed by atoms with Gasteiger partial charge in [0, 0.05) is 16.3 Å². The highest BCUT2D eigenvalue weighted by molar-refractivity contribution is 14.1. The van der Waals surface area contributed by atoms with E-state index in [1.807, 2.05) is 12.3 Å². The molecule has 0 aromatic carbocycles. The number of carbonyl (C=O) groups is 1. The molecular weight excluding hydrogens is 329 g/mol. The van der Waals surface area contributed by atoms with Crippen molar-refractivity contribution < 1.29 is 9.53 Å². The van der Waals surface area contributed by atoms with Crippen LogP contribution >= 0.6 is 22.6 Å². The van der Waals surface area contributed by atoms with Crippen LogP contribution in [0, 0.1) is 9.49 Å². The normalized spacial score (nSPS) is 17.1.